The number of nitrogens with zero attached hydrogens (tertiary/aromatic N) is 6. The quantitative estimate of drug-likeness (QED) is 0.329. The number of amides is 1. The molecule has 11 heteroatoms. The van der Waals surface area contributed by atoms with Crippen molar-refractivity contribution in [3.8, 4) is 0 Å². The predicted octanol–water partition coefficient (Wildman–Crippen LogP) is 3.45. The van der Waals surface area contributed by atoms with Crippen LogP contribution < -0.4 is 16.3 Å². The van der Waals surface area contributed by atoms with E-state index in [0.717, 1.165) is 15.3 Å². The number of hydrogen-bond acceptors (Lipinski definition) is 8. The summed E-state index contributed by atoms with van der Waals surface area (Å²) in [4.78, 5) is 51.3. The van der Waals surface area contributed by atoms with Gasteiger partial charge in [0.1, 0.15) is 10.6 Å². The molecule has 0 spiro atoms. The van der Waals surface area contributed by atoms with Crippen molar-refractivity contribution in [1.82, 2.24) is 19.2 Å². The maximum atomic E-state index is 13.7. The average molecular weight is 527 g/mol. The molecule has 198 valence electrons. The summed E-state index contributed by atoms with van der Waals surface area (Å²) in [6.07, 6.45) is 4.03. The molecule has 1 fully saturated rings. The van der Waals surface area contributed by atoms with Crippen molar-refractivity contribution in [2.75, 3.05) is 24.7 Å². The first-order valence-electron chi connectivity index (χ1n) is 12.6. The van der Waals surface area contributed by atoms with Crippen molar-refractivity contribution in [2.24, 2.45) is 24.0 Å². The fourth-order valence-corrected chi connectivity index (χ4v) is 5.93. The van der Waals surface area contributed by atoms with Gasteiger partial charge in [-0.1, -0.05) is 19.9 Å². The molecule has 1 aliphatic rings. The zero-order valence-corrected chi connectivity index (χ0v) is 23.0. The van der Waals surface area contributed by atoms with E-state index in [-0.39, 0.29) is 29.2 Å². The minimum Gasteiger partial charge on any atom is -0.282 e. The van der Waals surface area contributed by atoms with Crippen LogP contribution in [-0.2, 0) is 18.3 Å². The molecule has 0 radical (unpaired) electrons. The van der Waals surface area contributed by atoms with E-state index >= 15 is 0 Å². The first-order valence-corrected chi connectivity index (χ1v) is 13.4. The second-order valence-corrected chi connectivity index (χ2v) is 10.9. The van der Waals surface area contributed by atoms with E-state index in [9.17, 15) is 14.4 Å². The smallest absolute Gasteiger partial charge is 0.282 e. The first-order chi connectivity index (χ1) is 17.6. The summed E-state index contributed by atoms with van der Waals surface area (Å²) in [7, 11) is 1.45. The molecule has 0 aromatic carbocycles. The van der Waals surface area contributed by atoms with Gasteiger partial charge in [-0.2, -0.15) is 5.10 Å². The molecular formula is C26H34N6O4S. The van der Waals surface area contributed by atoms with E-state index in [2.05, 4.69) is 10.1 Å². The van der Waals surface area contributed by atoms with E-state index in [1.54, 1.807) is 15.8 Å². The Labute approximate surface area is 219 Å². The number of carbonyl (C=O) groups is 1. The van der Waals surface area contributed by atoms with Gasteiger partial charge in [0.2, 0.25) is 0 Å². The molecule has 3 aromatic rings. The van der Waals surface area contributed by atoms with Gasteiger partial charge in [-0.05, 0) is 45.2 Å². The van der Waals surface area contributed by atoms with Gasteiger partial charge in [0.15, 0.2) is 0 Å². The third-order valence-corrected chi connectivity index (χ3v) is 7.53. The second-order valence-electron chi connectivity index (χ2n) is 9.81. The molecule has 0 N–H and O–H groups in total. The van der Waals surface area contributed by atoms with Crippen LogP contribution in [-0.4, -0.2) is 51.0 Å². The summed E-state index contributed by atoms with van der Waals surface area (Å²) in [5.74, 6) is 0.547. The average Bonchev–Trinajstić information content (AvgIpc) is 3.47. The van der Waals surface area contributed by atoms with Crippen LogP contribution >= 0.6 is 11.3 Å². The Bertz CT molecular complexity index is 1420. The van der Waals surface area contributed by atoms with E-state index in [0.29, 0.717) is 36.5 Å². The van der Waals surface area contributed by atoms with Crippen LogP contribution in [0.25, 0.3) is 10.2 Å². The molecule has 10 nitrogen and oxygen atoms in total. The number of hydroxylamine groups is 2. The Morgan fingerprint density at radius 2 is 2.08 bits per heavy atom. The number of carbonyl (C=O) groups excluding carboxylic acids is 1. The summed E-state index contributed by atoms with van der Waals surface area (Å²) in [6, 6.07) is 5.48. The van der Waals surface area contributed by atoms with Crippen molar-refractivity contribution < 1.29 is 9.63 Å². The zero-order valence-electron chi connectivity index (χ0n) is 22.2. The van der Waals surface area contributed by atoms with Crippen molar-refractivity contribution >= 4 is 39.5 Å². The van der Waals surface area contributed by atoms with Crippen molar-refractivity contribution in [1.29, 1.82) is 0 Å². The summed E-state index contributed by atoms with van der Waals surface area (Å²) in [5.41, 5.74) is -0.543. The Kier molecular flexibility index (Phi) is 7.93. The summed E-state index contributed by atoms with van der Waals surface area (Å²) in [5, 5.41) is 8.05. The zero-order chi connectivity index (χ0) is 26.9. The van der Waals surface area contributed by atoms with Crippen LogP contribution in [0.2, 0.25) is 0 Å². The number of hydrogen-bond donors (Lipinski definition) is 0. The van der Waals surface area contributed by atoms with Gasteiger partial charge < -0.3 is 0 Å². The first kappa shape index (κ1) is 26.7. The molecule has 1 saturated heterocycles. The molecule has 1 aliphatic heterocycles. The van der Waals surface area contributed by atoms with Gasteiger partial charge in [-0.25, -0.2) is 19.9 Å². The van der Waals surface area contributed by atoms with Gasteiger partial charge in [0.05, 0.1) is 24.1 Å². The third-order valence-electron chi connectivity index (χ3n) is 6.32. The SMILES string of the molecule is CCN(/N=C\C(C)Cc1sc2c(c1C(=O)N1CC(C)CO1)c(=O)n(C)c(=O)n2C(C)C)c1ccccn1. The van der Waals surface area contributed by atoms with Crippen LogP contribution in [0.3, 0.4) is 0 Å². The molecule has 0 saturated carbocycles. The van der Waals surface area contributed by atoms with E-state index in [4.69, 9.17) is 4.84 Å². The highest BCUT2D eigenvalue weighted by atomic mass is 32.1. The van der Waals surface area contributed by atoms with Crippen molar-refractivity contribution in [2.45, 2.75) is 47.1 Å². The van der Waals surface area contributed by atoms with Gasteiger partial charge in [-0.3, -0.25) is 23.6 Å². The molecule has 3 aromatic heterocycles. The normalized spacial score (nSPS) is 16.8. The predicted molar refractivity (Wildman–Crippen MR) is 146 cm³/mol. The van der Waals surface area contributed by atoms with E-state index in [1.165, 1.54) is 23.4 Å². The monoisotopic (exact) mass is 526 g/mol. The van der Waals surface area contributed by atoms with Crippen molar-refractivity contribution in [3.05, 3.63) is 55.7 Å². The number of thiophene rings is 1. The van der Waals surface area contributed by atoms with Crippen LogP contribution in [0.4, 0.5) is 5.82 Å². The Balaban J connectivity index is 1.78. The summed E-state index contributed by atoms with van der Waals surface area (Å²) >= 11 is 1.33. The fraction of sp³-hybridized carbons (Fsp3) is 0.500. The number of anilines is 1. The summed E-state index contributed by atoms with van der Waals surface area (Å²) in [6.45, 7) is 11.3. The topological polar surface area (TPSA) is 102 Å². The lowest BCUT2D eigenvalue weighted by Gasteiger charge is -2.17. The van der Waals surface area contributed by atoms with Gasteiger partial charge in [0, 0.05) is 42.8 Å². The lowest BCUT2D eigenvalue weighted by atomic mass is 10.0. The molecule has 0 aliphatic carbocycles. The number of rotatable bonds is 8. The summed E-state index contributed by atoms with van der Waals surface area (Å²) < 4.78 is 2.67. The standard InChI is InChI=1S/C26H34N6O4S/c1-7-30(20-10-8-9-11-27-20)28-13-17(4)12-19-21(24(34)31-14-18(5)15-36-31)22-23(33)29(6)26(35)32(16(2)3)25(22)37-19/h8-11,13,16-18H,7,12,14-15H2,1-6H3/b28-13-. The molecular weight excluding hydrogens is 492 g/mol. The van der Waals surface area contributed by atoms with Gasteiger partial charge >= 0.3 is 5.69 Å². The highest BCUT2D eigenvalue weighted by Gasteiger charge is 2.33. The molecule has 2 atom stereocenters. The Morgan fingerprint density at radius 1 is 1.32 bits per heavy atom. The third kappa shape index (κ3) is 5.24. The minimum absolute atomic E-state index is 0.0566. The van der Waals surface area contributed by atoms with Crippen LogP contribution in [0.1, 0.15) is 55.9 Å². The highest BCUT2D eigenvalue weighted by molar-refractivity contribution is 7.19. The Morgan fingerprint density at radius 3 is 2.68 bits per heavy atom. The molecule has 1 amide bonds. The van der Waals surface area contributed by atoms with E-state index in [1.807, 2.05) is 59.0 Å². The van der Waals surface area contributed by atoms with Crippen LogP contribution in [0, 0.1) is 11.8 Å². The van der Waals surface area contributed by atoms with Gasteiger partial charge in [-0.15, -0.1) is 11.3 Å². The van der Waals surface area contributed by atoms with E-state index < -0.39 is 11.2 Å². The van der Waals surface area contributed by atoms with Crippen molar-refractivity contribution in [3.63, 3.8) is 0 Å². The van der Waals surface area contributed by atoms with Crippen LogP contribution in [0.5, 0.6) is 0 Å². The molecule has 4 heterocycles. The number of hydrazone groups is 1. The minimum atomic E-state index is -0.469. The molecule has 37 heavy (non-hydrogen) atoms. The Hall–Kier alpha value is -3.31. The fourth-order valence-electron chi connectivity index (χ4n) is 4.38. The number of aromatic nitrogens is 3. The second kappa shape index (κ2) is 11.0. The van der Waals surface area contributed by atoms with Crippen LogP contribution in [0.15, 0.2) is 39.1 Å². The largest absolute Gasteiger partial charge is 0.332 e. The molecule has 2 unspecified atom stereocenters. The lowest BCUT2D eigenvalue weighted by Crippen LogP contribution is -2.39. The molecule has 4 rings (SSSR count). The molecule has 0 bridgehead atoms. The maximum absolute atomic E-state index is 13.7. The van der Waals surface area contributed by atoms with Gasteiger partial charge in [0.25, 0.3) is 11.5 Å². The lowest BCUT2D eigenvalue weighted by molar-refractivity contribution is -0.0771. The maximum Gasteiger partial charge on any atom is 0.332 e. The highest BCUT2D eigenvalue weighted by Crippen LogP contribution is 2.33. The number of pyridine rings is 1. The number of fused-ring (bicyclic) bond motifs is 1.